The minimum atomic E-state index is -0.413. The van der Waals surface area contributed by atoms with Crippen molar-refractivity contribution in [3.63, 3.8) is 0 Å². The van der Waals surface area contributed by atoms with Gasteiger partial charge in [0.05, 0.1) is 31.7 Å². The maximum Gasteiger partial charge on any atom is 0.262 e. The number of benzene rings is 2. The summed E-state index contributed by atoms with van der Waals surface area (Å²) in [5.41, 5.74) is 2.51. The first-order valence-electron chi connectivity index (χ1n) is 10.5. The number of rotatable bonds is 6. The second-order valence-electron chi connectivity index (χ2n) is 7.52. The summed E-state index contributed by atoms with van der Waals surface area (Å²) in [4.78, 5) is 23.2. The summed E-state index contributed by atoms with van der Waals surface area (Å²) in [5.74, 6) is 2.66. The van der Waals surface area contributed by atoms with Crippen molar-refractivity contribution >= 4 is 32.7 Å². The molecule has 32 heavy (non-hydrogen) atoms. The molecule has 4 rings (SSSR count). The van der Waals surface area contributed by atoms with Crippen LogP contribution < -0.4 is 15.0 Å². The van der Waals surface area contributed by atoms with Gasteiger partial charge in [0.15, 0.2) is 0 Å². The Morgan fingerprint density at radius 3 is 2.41 bits per heavy atom. The third-order valence-electron chi connectivity index (χ3n) is 5.77. The summed E-state index contributed by atoms with van der Waals surface area (Å²) >= 11 is 3.58. The van der Waals surface area contributed by atoms with Gasteiger partial charge in [-0.2, -0.15) is 0 Å². The number of halogens is 1. The first-order chi connectivity index (χ1) is 15.5. The standard InChI is InChI=1S/C24H26BrN3O4/c1-5-32-23-14(2)28-22(26-18-9-7-6-8-15(18)24(28)29)19(27-23)12-16-17(13-25)21(31-4)11-10-20(16)30-3/h6-11,14,19H,5,12-13H2,1-4H3/t14-,19-/m0/s1. The number of fused-ring (bicyclic) bond motifs is 2. The quantitative estimate of drug-likeness (QED) is 0.463. The molecule has 0 radical (unpaired) electrons. The Labute approximate surface area is 195 Å². The van der Waals surface area contributed by atoms with Gasteiger partial charge in [0, 0.05) is 22.9 Å². The van der Waals surface area contributed by atoms with Crippen LogP contribution in [0.4, 0.5) is 0 Å². The van der Waals surface area contributed by atoms with Gasteiger partial charge in [-0.3, -0.25) is 9.36 Å². The van der Waals surface area contributed by atoms with Crippen LogP contribution in [0.15, 0.2) is 46.2 Å². The lowest BCUT2D eigenvalue weighted by atomic mass is 9.97. The number of alkyl halides is 1. The fraction of sp³-hybridized carbons (Fsp3) is 0.375. The van der Waals surface area contributed by atoms with Crippen LogP contribution in [0.5, 0.6) is 11.5 Å². The average Bonchev–Trinajstić information content (AvgIpc) is 2.81. The molecule has 2 heterocycles. The Bertz CT molecular complexity index is 1240. The van der Waals surface area contributed by atoms with E-state index in [-0.39, 0.29) is 11.6 Å². The molecule has 0 spiro atoms. The summed E-state index contributed by atoms with van der Waals surface area (Å²) in [6, 6.07) is 10.4. The molecule has 1 aliphatic rings. The SMILES string of the molecule is CCOC1=N[C@@H](Cc2c(OC)ccc(OC)c2CBr)c2nc3ccccc3c(=O)n2[C@H]1C. The van der Waals surface area contributed by atoms with Gasteiger partial charge in [-0.15, -0.1) is 0 Å². The van der Waals surface area contributed by atoms with Crippen molar-refractivity contribution in [3.8, 4) is 11.5 Å². The van der Waals surface area contributed by atoms with E-state index >= 15 is 0 Å². The third kappa shape index (κ3) is 3.77. The van der Waals surface area contributed by atoms with Crippen LogP contribution in [0.2, 0.25) is 0 Å². The van der Waals surface area contributed by atoms with Crippen molar-refractivity contribution in [2.24, 2.45) is 4.99 Å². The first kappa shape index (κ1) is 22.3. The van der Waals surface area contributed by atoms with E-state index in [1.807, 2.05) is 44.2 Å². The third-order valence-corrected chi connectivity index (χ3v) is 6.33. The van der Waals surface area contributed by atoms with E-state index in [0.717, 1.165) is 22.6 Å². The summed E-state index contributed by atoms with van der Waals surface area (Å²) in [7, 11) is 3.29. The largest absolute Gasteiger partial charge is 0.496 e. The number of aliphatic imine (C=N–C) groups is 1. The molecule has 0 N–H and O–H groups in total. The smallest absolute Gasteiger partial charge is 0.262 e. The zero-order valence-electron chi connectivity index (χ0n) is 18.6. The fourth-order valence-corrected chi connectivity index (χ4v) is 4.86. The van der Waals surface area contributed by atoms with E-state index < -0.39 is 6.04 Å². The number of ether oxygens (including phenoxy) is 3. The molecule has 1 aromatic heterocycles. The molecule has 2 aromatic carbocycles. The number of methoxy groups -OCH3 is 2. The van der Waals surface area contributed by atoms with Crippen LogP contribution >= 0.6 is 15.9 Å². The molecule has 168 valence electrons. The Morgan fingerprint density at radius 2 is 1.75 bits per heavy atom. The van der Waals surface area contributed by atoms with E-state index in [1.54, 1.807) is 24.9 Å². The second-order valence-corrected chi connectivity index (χ2v) is 8.08. The lowest BCUT2D eigenvalue weighted by Gasteiger charge is -2.30. The normalized spacial score (nSPS) is 17.6. The highest BCUT2D eigenvalue weighted by Gasteiger charge is 2.32. The maximum atomic E-state index is 13.4. The van der Waals surface area contributed by atoms with E-state index in [0.29, 0.717) is 41.0 Å². The van der Waals surface area contributed by atoms with Gasteiger partial charge in [-0.25, -0.2) is 9.98 Å². The Balaban J connectivity index is 1.93. The Morgan fingerprint density at radius 1 is 1.06 bits per heavy atom. The van der Waals surface area contributed by atoms with E-state index in [9.17, 15) is 4.79 Å². The topological polar surface area (TPSA) is 74.9 Å². The number of hydrogen-bond acceptors (Lipinski definition) is 6. The molecular weight excluding hydrogens is 474 g/mol. The van der Waals surface area contributed by atoms with Crippen LogP contribution in [0.25, 0.3) is 10.9 Å². The monoisotopic (exact) mass is 499 g/mol. The minimum absolute atomic E-state index is 0.0893. The van der Waals surface area contributed by atoms with Gasteiger partial charge in [0.25, 0.3) is 5.56 Å². The molecule has 2 atom stereocenters. The van der Waals surface area contributed by atoms with Crippen LogP contribution in [-0.4, -0.2) is 36.3 Å². The predicted octanol–water partition coefficient (Wildman–Crippen LogP) is 4.60. The van der Waals surface area contributed by atoms with E-state index in [4.69, 9.17) is 24.2 Å². The van der Waals surface area contributed by atoms with Crippen LogP contribution in [0.1, 0.15) is 42.9 Å². The zero-order chi connectivity index (χ0) is 22.8. The number of hydrogen-bond donors (Lipinski definition) is 0. The molecule has 7 nitrogen and oxygen atoms in total. The first-order valence-corrected chi connectivity index (χ1v) is 11.7. The highest BCUT2D eigenvalue weighted by molar-refractivity contribution is 9.08. The van der Waals surface area contributed by atoms with Crippen molar-refractivity contribution in [3.05, 3.63) is 63.7 Å². The molecule has 0 amide bonds. The van der Waals surface area contributed by atoms with Crippen molar-refractivity contribution in [2.45, 2.75) is 37.7 Å². The van der Waals surface area contributed by atoms with Gasteiger partial charge >= 0.3 is 0 Å². The van der Waals surface area contributed by atoms with Crippen LogP contribution in [-0.2, 0) is 16.5 Å². The highest BCUT2D eigenvalue weighted by Crippen LogP contribution is 2.38. The van der Waals surface area contributed by atoms with Crippen molar-refractivity contribution < 1.29 is 14.2 Å². The van der Waals surface area contributed by atoms with E-state index in [2.05, 4.69) is 15.9 Å². The minimum Gasteiger partial charge on any atom is -0.496 e. The molecule has 0 aliphatic carbocycles. The molecule has 0 bridgehead atoms. The molecule has 0 saturated heterocycles. The molecule has 0 saturated carbocycles. The second kappa shape index (κ2) is 9.32. The van der Waals surface area contributed by atoms with Crippen molar-refractivity contribution in [2.75, 3.05) is 20.8 Å². The summed E-state index contributed by atoms with van der Waals surface area (Å²) < 4.78 is 18.8. The summed E-state index contributed by atoms with van der Waals surface area (Å²) in [6.45, 7) is 4.30. The predicted molar refractivity (Wildman–Crippen MR) is 128 cm³/mol. The summed E-state index contributed by atoms with van der Waals surface area (Å²) in [5, 5.41) is 1.17. The van der Waals surface area contributed by atoms with Crippen LogP contribution in [0.3, 0.4) is 0 Å². The van der Waals surface area contributed by atoms with Gasteiger partial charge in [-0.1, -0.05) is 28.1 Å². The van der Waals surface area contributed by atoms with E-state index in [1.165, 1.54) is 0 Å². The fourth-order valence-electron chi connectivity index (χ4n) is 4.24. The van der Waals surface area contributed by atoms with Gasteiger partial charge < -0.3 is 14.2 Å². The van der Waals surface area contributed by atoms with Gasteiger partial charge in [0.1, 0.15) is 29.4 Å². The zero-order valence-corrected chi connectivity index (χ0v) is 20.2. The maximum absolute atomic E-state index is 13.4. The number of aromatic nitrogens is 2. The van der Waals surface area contributed by atoms with Crippen molar-refractivity contribution in [1.29, 1.82) is 0 Å². The molecule has 8 heteroatoms. The molecular formula is C24H26BrN3O4. The number of nitrogens with zero attached hydrogens (tertiary/aromatic N) is 3. The lowest BCUT2D eigenvalue weighted by molar-refractivity contribution is 0.286. The summed E-state index contributed by atoms with van der Waals surface area (Å²) in [6.07, 6.45) is 0.482. The van der Waals surface area contributed by atoms with Crippen LogP contribution in [0, 0.1) is 0 Å². The molecule has 0 fully saturated rings. The molecule has 3 aromatic rings. The lowest BCUT2D eigenvalue weighted by Crippen LogP contribution is -2.37. The molecule has 0 unspecified atom stereocenters. The highest BCUT2D eigenvalue weighted by atomic mass is 79.9. The Hall–Kier alpha value is -2.87. The average molecular weight is 500 g/mol. The van der Waals surface area contributed by atoms with Gasteiger partial charge in [0.2, 0.25) is 5.90 Å². The van der Waals surface area contributed by atoms with Gasteiger partial charge in [-0.05, 0) is 38.1 Å². The van der Waals surface area contributed by atoms with Crippen molar-refractivity contribution in [1.82, 2.24) is 9.55 Å². The molecule has 1 aliphatic heterocycles. The number of para-hydroxylation sites is 1. The Kier molecular flexibility index (Phi) is 6.50.